The molecule has 23 heteroatoms. The summed E-state index contributed by atoms with van der Waals surface area (Å²) in [6, 6.07) is 50.1. The molecule has 0 aliphatic carbocycles. The molecule has 0 atom stereocenters. The van der Waals surface area contributed by atoms with E-state index >= 15 is 0 Å². The predicted octanol–water partition coefficient (Wildman–Crippen LogP) is 6.95. The summed E-state index contributed by atoms with van der Waals surface area (Å²) in [5.74, 6) is -0.106. The molecule has 4 amide bonds. The molecule has 0 saturated carbocycles. The van der Waals surface area contributed by atoms with Crippen molar-refractivity contribution in [3.05, 3.63) is 179 Å². The van der Waals surface area contributed by atoms with Gasteiger partial charge in [0.05, 0.1) is 37.6 Å². The van der Waals surface area contributed by atoms with Crippen LogP contribution in [0.1, 0.15) is 121 Å². The number of benzene rings is 5. The number of likely N-dealkylation sites (tertiary alicyclic amines) is 3. The molecular weight excluding hydrogens is 1240 g/mol. The number of carbonyl (C=O) groups is 7. The third kappa shape index (κ3) is 38.9. The van der Waals surface area contributed by atoms with Crippen LogP contribution in [0.3, 0.4) is 0 Å². The maximum absolute atomic E-state index is 12.2. The van der Waals surface area contributed by atoms with Crippen LogP contribution in [0, 0.1) is 0 Å². The Labute approximate surface area is 578 Å². The molecule has 5 aliphatic rings. The maximum Gasteiger partial charge on any atom is 0.303 e. The van der Waals surface area contributed by atoms with Gasteiger partial charge in [0, 0.05) is 118 Å². The van der Waals surface area contributed by atoms with Crippen molar-refractivity contribution in [1.29, 1.82) is 0 Å². The van der Waals surface area contributed by atoms with E-state index in [4.69, 9.17) is 26.8 Å². The minimum absolute atomic E-state index is 0. The summed E-state index contributed by atoms with van der Waals surface area (Å²) in [4.78, 5) is 86.7. The topological polar surface area (TPSA) is 306 Å². The van der Waals surface area contributed by atoms with Crippen molar-refractivity contribution in [3.63, 3.8) is 0 Å². The molecular formula is C73H114ClN11O11. The second-order valence-corrected chi connectivity index (χ2v) is 22.7. The average Bonchev–Trinajstić information content (AvgIpc) is 1.62. The smallest absolute Gasteiger partial charge is 0.303 e. The highest BCUT2D eigenvalue weighted by molar-refractivity contribution is 5.85. The van der Waals surface area contributed by atoms with Crippen molar-refractivity contribution in [2.75, 3.05) is 99.9 Å². The Kier molecular flexibility index (Phi) is 49.5. The average molecular weight is 1360 g/mol. The molecule has 5 saturated heterocycles. The first-order valence-electron chi connectivity index (χ1n) is 33.0. The first-order chi connectivity index (χ1) is 45.6. The molecule has 2 spiro atoms. The molecule has 534 valence electrons. The van der Waals surface area contributed by atoms with Gasteiger partial charge in [0.25, 0.3) is 0 Å². The molecule has 5 aromatic rings. The number of aliphatic hydroxyl groups excluding tert-OH is 2. The van der Waals surface area contributed by atoms with Gasteiger partial charge in [-0.05, 0) is 95.4 Å². The van der Waals surface area contributed by atoms with Crippen LogP contribution in [0.25, 0.3) is 0 Å². The van der Waals surface area contributed by atoms with Gasteiger partial charge in [0.1, 0.15) is 5.78 Å². The normalized spacial score (nSPS) is 15.5. The number of nitrogens with zero attached hydrogens (tertiary/aromatic N) is 5. The number of esters is 1. The van der Waals surface area contributed by atoms with Crippen LogP contribution in [-0.4, -0.2) is 192 Å². The van der Waals surface area contributed by atoms with Crippen LogP contribution in [0.5, 0.6) is 0 Å². The van der Waals surface area contributed by atoms with E-state index in [0.29, 0.717) is 51.5 Å². The third-order valence-corrected chi connectivity index (χ3v) is 15.2. The van der Waals surface area contributed by atoms with E-state index in [9.17, 15) is 33.6 Å². The molecule has 0 radical (unpaired) electrons. The fourth-order valence-electron chi connectivity index (χ4n) is 9.70. The van der Waals surface area contributed by atoms with Crippen molar-refractivity contribution in [3.8, 4) is 0 Å². The minimum Gasteiger partial charge on any atom is -0.481 e. The number of hydrogen-bond donors (Lipinski definition) is 9. The quantitative estimate of drug-likeness (QED) is 0.0539. The lowest BCUT2D eigenvalue weighted by atomic mass is 9.96. The minimum atomic E-state index is -0.745. The molecule has 0 unspecified atom stereocenters. The van der Waals surface area contributed by atoms with Crippen LogP contribution in [-0.2, 0) is 71.0 Å². The molecule has 11 N–H and O–H groups in total. The summed E-state index contributed by atoms with van der Waals surface area (Å²) in [5.41, 5.74) is 16.1. The lowest BCUT2D eigenvalue weighted by Crippen LogP contribution is -2.57. The van der Waals surface area contributed by atoms with Crippen LogP contribution in [0.2, 0.25) is 0 Å². The first-order valence-corrected chi connectivity index (χ1v) is 33.0. The lowest BCUT2D eigenvalue weighted by Gasteiger charge is -2.43. The number of aliphatic hydroxyl groups is 2. The summed E-state index contributed by atoms with van der Waals surface area (Å²) in [5, 5.41) is 35.3. The number of nitrogens with one attached hydrogen (secondary N) is 4. The van der Waals surface area contributed by atoms with E-state index < -0.39 is 5.97 Å². The Hall–Kier alpha value is -7.48. The summed E-state index contributed by atoms with van der Waals surface area (Å²) >= 11 is 0. The molecule has 5 fully saturated rings. The second-order valence-electron chi connectivity index (χ2n) is 22.7. The molecule has 5 heterocycles. The highest BCUT2D eigenvalue weighted by Crippen LogP contribution is 2.32. The number of nitrogens with two attached hydrogens (primary N) is 2. The van der Waals surface area contributed by atoms with E-state index in [1.54, 1.807) is 27.7 Å². The van der Waals surface area contributed by atoms with Gasteiger partial charge in [0.15, 0.2) is 0 Å². The van der Waals surface area contributed by atoms with Crippen LogP contribution in [0.15, 0.2) is 152 Å². The zero-order chi connectivity index (χ0) is 70.7. The fraction of sp³-hybridized carbons (Fsp3) is 0.493. The molecule has 22 nitrogen and oxygen atoms in total. The second kappa shape index (κ2) is 53.6. The van der Waals surface area contributed by atoms with E-state index in [-0.39, 0.29) is 79.5 Å². The van der Waals surface area contributed by atoms with Gasteiger partial charge in [-0.2, -0.15) is 0 Å². The lowest BCUT2D eigenvalue weighted by molar-refractivity contribution is -0.140. The Morgan fingerprint density at radius 2 is 0.802 bits per heavy atom. The van der Waals surface area contributed by atoms with E-state index in [0.717, 1.165) is 102 Å². The number of aliphatic carboxylic acids is 1. The maximum atomic E-state index is 12.2. The molecule has 5 aliphatic heterocycles. The van der Waals surface area contributed by atoms with Crippen molar-refractivity contribution < 1.29 is 53.6 Å². The number of rotatable bonds is 13. The van der Waals surface area contributed by atoms with E-state index in [2.05, 4.69) is 88.9 Å². The van der Waals surface area contributed by atoms with Crippen molar-refractivity contribution in [2.45, 2.75) is 137 Å². The zero-order valence-corrected chi connectivity index (χ0v) is 59.3. The number of piperidine rings is 3. The van der Waals surface area contributed by atoms with Gasteiger partial charge < -0.3 is 66.7 Å². The molecule has 10 rings (SSSR count). The molecule has 96 heavy (non-hydrogen) atoms. The number of ether oxygens (including phenoxy) is 1. The highest BCUT2D eigenvalue weighted by Gasteiger charge is 2.47. The summed E-state index contributed by atoms with van der Waals surface area (Å²) in [7, 11) is 6.34. The van der Waals surface area contributed by atoms with Crippen LogP contribution >= 0.6 is 12.4 Å². The monoisotopic (exact) mass is 1360 g/mol. The van der Waals surface area contributed by atoms with Crippen molar-refractivity contribution in [2.24, 2.45) is 11.5 Å². The number of carboxylic acids is 1. The number of carboxylic acid groups (broad SMARTS) is 1. The summed E-state index contributed by atoms with van der Waals surface area (Å²) in [6.07, 6.45) is 6.36. The molecule has 0 bridgehead atoms. The van der Waals surface area contributed by atoms with Crippen molar-refractivity contribution in [1.82, 2.24) is 45.8 Å². The van der Waals surface area contributed by atoms with E-state index in [1.807, 2.05) is 141 Å². The Morgan fingerprint density at radius 1 is 0.500 bits per heavy atom. The summed E-state index contributed by atoms with van der Waals surface area (Å²) in [6.45, 7) is 21.3. The van der Waals surface area contributed by atoms with Crippen molar-refractivity contribution >= 4 is 53.8 Å². The van der Waals surface area contributed by atoms with Gasteiger partial charge in [-0.15, -0.1) is 12.4 Å². The Morgan fingerprint density at radius 3 is 1.05 bits per heavy atom. The van der Waals surface area contributed by atoms with Crippen LogP contribution in [0.4, 0.5) is 0 Å². The number of amides is 4. The summed E-state index contributed by atoms with van der Waals surface area (Å²) < 4.78 is 4.40. The largest absolute Gasteiger partial charge is 0.481 e. The fourth-order valence-corrected chi connectivity index (χ4v) is 9.70. The number of ketones is 1. The number of Topliss-reactive ketones (excluding diaryl/α,β-unsaturated/α-hetero) is 1. The van der Waals surface area contributed by atoms with Gasteiger partial charge >= 0.3 is 11.9 Å². The molecule has 0 aromatic heterocycles. The van der Waals surface area contributed by atoms with Crippen LogP contribution < -0.4 is 32.7 Å². The standard InChI is InChI=1S/2C15H21N3O.C10H13NO.C9H12N2O.C7H9N.C6H11NO.C4H8O2.C3H6O2.2C2H6O.ClH/c2*1-17-9-7-15(8-10-17)16-11-14(19)18(15)12-13-5-3-2-4-6-13;1-2-10(12)11-8-9-6-4-3-5-7-9;10-6-9(12)11-7-8-4-2-1-3-5-8;8-6-7-4-2-1-3-5-7;1-7-4-2-6(8)3-5-7;1-3-6-4(2)5;1-2-3(4)5;2*1-2-3;/h2*2-6,16H,7-12H2,1H3;3-7H,2,8H2,1H3,(H,11,12);1-5H,6-7,10H2,(H,11,12);1-5H,6,8H2;2-5H2,1H3;3H2,1-2H3;2H2,1H3,(H,4,5);2*3H,2H2,1H3;1H. The Bertz CT molecular complexity index is 2680. The number of hydrogen-bond acceptors (Lipinski definition) is 17. The number of halogens is 1. The van der Waals surface area contributed by atoms with E-state index in [1.165, 1.54) is 23.6 Å². The van der Waals surface area contributed by atoms with Gasteiger partial charge in [-0.25, -0.2) is 0 Å². The van der Waals surface area contributed by atoms with Gasteiger partial charge in [0.2, 0.25) is 23.6 Å². The number of carbonyl (C=O) groups excluding carboxylic acids is 6. The zero-order valence-electron chi connectivity index (χ0n) is 58.5. The van der Waals surface area contributed by atoms with Gasteiger partial charge in [-0.1, -0.05) is 166 Å². The molecule has 5 aromatic carbocycles. The predicted molar refractivity (Wildman–Crippen MR) is 384 cm³/mol. The SMILES string of the molecule is CCC(=O)NCc1ccccc1.CCC(=O)O.CCO.CCO.CCOC(C)=O.CN1CCC(=O)CC1.CN1CCC2(CC1)NCC(=O)N2Cc1ccccc1.CN1CCC2(CC1)NCC(=O)N2Cc1ccccc1.Cl.NCC(=O)NCc1ccccc1.NCc1ccccc1. The highest BCUT2D eigenvalue weighted by atomic mass is 35.5. The Balaban J connectivity index is 0.00000110. The third-order valence-electron chi connectivity index (χ3n) is 15.2. The van der Waals surface area contributed by atoms with Gasteiger partial charge in [-0.3, -0.25) is 44.2 Å². The first kappa shape index (κ1) is 88.5.